The summed E-state index contributed by atoms with van der Waals surface area (Å²) in [7, 11) is 3.23. The van der Waals surface area contributed by atoms with E-state index in [0.717, 1.165) is 13.0 Å². The first kappa shape index (κ1) is 11.3. The molecule has 80 valence electrons. The molecule has 1 unspecified atom stereocenters. The highest BCUT2D eigenvalue weighted by Crippen LogP contribution is 2.30. The van der Waals surface area contributed by atoms with Gasteiger partial charge in [0.05, 0.1) is 0 Å². The molecule has 2 heterocycles. The van der Waals surface area contributed by atoms with Gasteiger partial charge in [0.25, 0.3) is 5.91 Å². The first-order valence-corrected chi connectivity index (χ1v) is 4.36. The molecular formula is C8H14ClN3O2. The van der Waals surface area contributed by atoms with Gasteiger partial charge in [0.2, 0.25) is 0 Å². The van der Waals surface area contributed by atoms with E-state index in [4.69, 9.17) is 0 Å². The van der Waals surface area contributed by atoms with E-state index in [-0.39, 0.29) is 24.3 Å². The zero-order valence-electron chi connectivity index (χ0n) is 8.24. The summed E-state index contributed by atoms with van der Waals surface area (Å²) in [6, 6.07) is -0.200. The standard InChI is InChI=1S/C8H13N3O2.ClH/c1-10-6(12)8(3-4-9-5-8)11(2)7(10)13;/h9H,3-5H2,1-2H3;1H. The van der Waals surface area contributed by atoms with Crippen LogP contribution in [0.4, 0.5) is 4.79 Å². The molecule has 0 aromatic heterocycles. The Bertz CT molecular complexity index is 276. The third-order valence-corrected chi connectivity index (χ3v) is 3.05. The monoisotopic (exact) mass is 219 g/mol. The Morgan fingerprint density at radius 1 is 1.36 bits per heavy atom. The molecule has 2 aliphatic rings. The molecule has 2 aliphatic heterocycles. The third kappa shape index (κ3) is 1.12. The van der Waals surface area contributed by atoms with Gasteiger partial charge in [-0.1, -0.05) is 0 Å². The van der Waals surface area contributed by atoms with Crippen LogP contribution in [0.25, 0.3) is 0 Å². The van der Waals surface area contributed by atoms with Crippen molar-refractivity contribution in [3.63, 3.8) is 0 Å². The number of amides is 3. The number of hydrogen-bond donors (Lipinski definition) is 1. The van der Waals surface area contributed by atoms with Crippen LogP contribution >= 0.6 is 12.4 Å². The minimum atomic E-state index is -0.591. The van der Waals surface area contributed by atoms with E-state index >= 15 is 0 Å². The Balaban J connectivity index is 0.000000980. The average molecular weight is 220 g/mol. The molecule has 1 N–H and O–H groups in total. The van der Waals surface area contributed by atoms with Crippen molar-refractivity contribution in [2.75, 3.05) is 27.2 Å². The fraction of sp³-hybridized carbons (Fsp3) is 0.750. The lowest BCUT2D eigenvalue weighted by Crippen LogP contribution is -2.49. The van der Waals surface area contributed by atoms with Crippen molar-refractivity contribution in [2.45, 2.75) is 12.0 Å². The van der Waals surface area contributed by atoms with Crippen LogP contribution in [-0.2, 0) is 4.79 Å². The number of carbonyl (C=O) groups excluding carboxylic acids is 2. The van der Waals surface area contributed by atoms with Crippen molar-refractivity contribution in [3.8, 4) is 0 Å². The van der Waals surface area contributed by atoms with Gasteiger partial charge < -0.3 is 10.2 Å². The number of rotatable bonds is 0. The van der Waals surface area contributed by atoms with Crippen LogP contribution in [0.1, 0.15) is 6.42 Å². The highest BCUT2D eigenvalue weighted by atomic mass is 35.5. The lowest BCUT2D eigenvalue weighted by atomic mass is 9.97. The molecule has 5 nitrogen and oxygen atoms in total. The second-order valence-electron chi connectivity index (χ2n) is 3.66. The molecule has 6 heteroatoms. The molecule has 2 rings (SSSR count). The SMILES string of the molecule is CN1C(=O)N(C)C2(CCNC2)C1=O.Cl. The average Bonchev–Trinajstić information content (AvgIpc) is 2.67. The number of likely N-dealkylation sites (N-methyl/N-ethyl adjacent to an activating group) is 2. The lowest BCUT2D eigenvalue weighted by Gasteiger charge is -2.26. The minimum Gasteiger partial charge on any atom is -0.314 e. The van der Waals surface area contributed by atoms with Crippen molar-refractivity contribution in [2.24, 2.45) is 0 Å². The Kier molecular flexibility index (Phi) is 2.74. The van der Waals surface area contributed by atoms with E-state index < -0.39 is 5.54 Å². The Hall–Kier alpha value is -0.810. The molecule has 3 amide bonds. The number of imide groups is 1. The van der Waals surface area contributed by atoms with Crippen LogP contribution in [0.5, 0.6) is 0 Å². The molecule has 0 aliphatic carbocycles. The number of nitrogens with zero attached hydrogens (tertiary/aromatic N) is 2. The molecule has 14 heavy (non-hydrogen) atoms. The van der Waals surface area contributed by atoms with E-state index in [1.54, 1.807) is 11.9 Å². The van der Waals surface area contributed by atoms with Gasteiger partial charge in [-0.25, -0.2) is 4.79 Å². The zero-order valence-corrected chi connectivity index (χ0v) is 9.06. The Morgan fingerprint density at radius 3 is 2.36 bits per heavy atom. The molecule has 2 fully saturated rings. The highest BCUT2D eigenvalue weighted by molar-refractivity contribution is 6.07. The summed E-state index contributed by atoms with van der Waals surface area (Å²) in [5, 5.41) is 3.12. The van der Waals surface area contributed by atoms with Crippen LogP contribution in [-0.4, -0.2) is 54.5 Å². The molecule has 2 saturated heterocycles. The fourth-order valence-electron chi connectivity index (χ4n) is 2.10. The number of carbonyl (C=O) groups is 2. The molecule has 1 spiro atoms. The molecule has 0 bridgehead atoms. The van der Waals surface area contributed by atoms with E-state index in [1.807, 2.05) is 0 Å². The second-order valence-corrected chi connectivity index (χ2v) is 3.66. The lowest BCUT2D eigenvalue weighted by molar-refractivity contribution is -0.131. The quantitative estimate of drug-likeness (QED) is 0.568. The van der Waals surface area contributed by atoms with Gasteiger partial charge >= 0.3 is 6.03 Å². The maximum atomic E-state index is 11.8. The smallest absolute Gasteiger partial charge is 0.314 e. The van der Waals surface area contributed by atoms with Gasteiger partial charge in [-0.3, -0.25) is 9.69 Å². The first-order chi connectivity index (χ1) is 6.09. The summed E-state index contributed by atoms with van der Waals surface area (Å²) in [5.41, 5.74) is -0.591. The molecular weight excluding hydrogens is 206 g/mol. The van der Waals surface area contributed by atoms with Crippen molar-refractivity contribution < 1.29 is 9.59 Å². The Morgan fingerprint density at radius 2 is 2.00 bits per heavy atom. The minimum absolute atomic E-state index is 0. The number of halogens is 1. The summed E-state index contributed by atoms with van der Waals surface area (Å²) in [6.07, 6.45) is 0.721. The largest absolute Gasteiger partial charge is 0.327 e. The Labute approximate surface area is 88.8 Å². The molecule has 1 atom stereocenters. The topological polar surface area (TPSA) is 52.7 Å². The van der Waals surface area contributed by atoms with Gasteiger partial charge in [0, 0.05) is 20.6 Å². The number of hydrogen-bond acceptors (Lipinski definition) is 3. The normalized spacial score (nSPS) is 31.6. The van der Waals surface area contributed by atoms with Crippen LogP contribution in [0, 0.1) is 0 Å². The highest BCUT2D eigenvalue weighted by Gasteiger charge is 2.55. The van der Waals surface area contributed by atoms with Crippen molar-refractivity contribution in [1.82, 2.24) is 15.1 Å². The van der Waals surface area contributed by atoms with Crippen molar-refractivity contribution in [1.29, 1.82) is 0 Å². The summed E-state index contributed by atoms with van der Waals surface area (Å²) in [5.74, 6) is -0.0787. The van der Waals surface area contributed by atoms with E-state index in [9.17, 15) is 9.59 Å². The van der Waals surface area contributed by atoms with Gasteiger partial charge in [-0.15, -0.1) is 12.4 Å². The number of urea groups is 1. The van der Waals surface area contributed by atoms with E-state index in [0.29, 0.717) is 6.54 Å². The molecule has 0 aromatic rings. The van der Waals surface area contributed by atoms with Gasteiger partial charge in [-0.2, -0.15) is 0 Å². The van der Waals surface area contributed by atoms with Crippen molar-refractivity contribution in [3.05, 3.63) is 0 Å². The van der Waals surface area contributed by atoms with E-state index in [2.05, 4.69) is 5.32 Å². The van der Waals surface area contributed by atoms with Crippen LogP contribution in [0.3, 0.4) is 0 Å². The maximum Gasteiger partial charge on any atom is 0.327 e. The maximum absolute atomic E-state index is 11.8. The molecule has 0 aromatic carbocycles. The van der Waals surface area contributed by atoms with Crippen LogP contribution in [0.2, 0.25) is 0 Å². The zero-order chi connectivity index (χ0) is 9.64. The number of nitrogens with one attached hydrogen (secondary N) is 1. The predicted molar refractivity (Wildman–Crippen MR) is 53.4 cm³/mol. The second kappa shape index (κ2) is 3.40. The van der Waals surface area contributed by atoms with Crippen LogP contribution in [0.15, 0.2) is 0 Å². The summed E-state index contributed by atoms with van der Waals surface area (Å²) < 4.78 is 0. The van der Waals surface area contributed by atoms with Gasteiger partial charge in [0.1, 0.15) is 5.54 Å². The summed E-state index contributed by atoms with van der Waals surface area (Å²) in [6.45, 7) is 1.38. The molecule has 0 radical (unpaired) electrons. The van der Waals surface area contributed by atoms with E-state index in [1.165, 1.54) is 11.9 Å². The van der Waals surface area contributed by atoms with Gasteiger partial charge in [-0.05, 0) is 13.0 Å². The molecule has 0 saturated carbocycles. The third-order valence-electron chi connectivity index (χ3n) is 3.05. The van der Waals surface area contributed by atoms with Crippen LogP contribution < -0.4 is 5.32 Å². The summed E-state index contributed by atoms with van der Waals surface area (Å²) in [4.78, 5) is 26.0. The summed E-state index contributed by atoms with van der Waals surface area (Å²) >= 11 is 0. The first-order valence-electron chi connectivity index (χ1n) is 4.36. The predicted octanol–water partition coefficient (Wildman–Crippen LogP) is -0.336. The fourth-order valence-corrected chi connectivity index (χ4v) is 2.10. The van der Waals surface area contributed by atoms with Crippen molar-refractivity contribution >= 4 is 24.3 Å². The van der Waals surface area contributed by atoms with Gasteiger partial charge in [0.15, 0.2) is 0 Å².